The monoisotopic (exact) mass is 369 g/mol. The van der Waals surface area contributed by atoms with Gasteiger partial charge in [0.1, 0.15) is 0 Å². The molecule has 1 atom stereocenters. The number of likely N-dealkylation sites (tertiary alicyclic amines) is 2. The minimum atomic E-state index is -4.25. The van der Waals surface area contributed by atoms with E-state index >= 15 is 0 Å². The molecule has 0 saturated carbocycles. The molecule has 1 aromatic heterocycles. The van der Waals surface area contributed by atoms with Crippen molar-refractivity contribution >= 4 is 5.91 Å². The first-order valence-electron chi connectivity index (χ1n) is 9.36. The molecule has 1 amide bonds. The van der Waals surface area contributed by atoms with Gasteiger partial charge in [0.25, 0.3) is 0 Å². The second-order valence-electron chi connectivity index (χ2n) is 7.48. The maximum atomic E-state index is 12.3. The van der Waals surface area contributed by atoms with Crippen molar-refractivity contribution in [1.29, 1.82) is 0 Å². The van der Waals surface area contributed by atoms with Crippen LogP contribution in [0.1, 0.15) is 37.7 Å². The number of nitrogens with zero attached hydrogens (tertiary/aromatic N) is 3. The Hall–Kier alpha value is -1.63. The Morgan fingerprint density at radius 1 is 1.15 bits per heavy atom. The minimum absolute atomic E-state index is 0.348. The number of halogens is 3. The summed E-state index contributed by atoms with van der Waals surface area (Å²) in [6.45, 7) is 4.20. The largest absolute Gasteiger partial charge is 0.389 e. The van der Waals surface area contributed by atoms with E-state index in [0.717, 1.165) is 38.9 Å². The number of aromatic nitrogens is 1. The van der Waals surface area contributed by atoms with E-state index in [1.54, 1.807) is 11.1 Å². The Kier molecular flexibility index (Phi) is 6.16. The predicted octanol–water partition coefficient (Wildman–Crippen LogP) is 3.48. The van der Waals surface area contributed by atoms with Gasteiger partial charge in [-0.15, -0.1) is 0 Å². The molecule has 0 radical (unpaired) electrons. The fraction of sp³-hybridized carbons (Fsp3) is 0.684. The lowest BCUT2D eigenvalue weighted by atomic mass is 9.83. The second-order valence-corrected chi connectivity index (χ2v) is 7.48. The highest BCUT2D eigenvalue weighted by Crippen LogP contribution is 2.33. The van der Waals surface area contributed by atoms with E-state index in [-0.39, 0.29) is 5.91 Å². The molecule has 4 nitrogen and oxygen atoms in total. The summed E-state index contributed by atoms with van der Waals surface area (Å²) in [6, 6.07) is 4.03. The lowest BCUT2D eigenvalue weighted by molar-refractivity contribution is -0.148. The zero-order valence-corrected chi connectivity index (χ0v) is 14.9. The zero-order chi connectivity index (χ0) is 18.6. The Bertz CT molecular complexity index is 585. The van der Waals surface area contributed by atoms with Crippen LogP contribution in [0.4, 0.5) is 13.2 Å². The maximum absolute atomic E-state index is 12.3. The van der Waals surface area contributed by atoms with Crippen molar-refractivity contribution in [2.24, 2.45) is 11.8 Å². The van der Waals surface area contributed by atoms with Crippen LogP contribution >= 0.6 is 0 Å². The van der Waals surface area contributed by atoms with Crippen molar-refractivity contribution < 1.29 is 18.0 Å². The van der Waals surface area contributed by atoms with Crippen molar-refractivity contribution in [3.8, 4) is 0 Å². The number of alkyl halides is 3. The molecule has 1 unspecified atom stereocenters. The van der Waals surface area contributed by atoms with Gasteiger partial charge in [0, 0.05) is 38.4 Å². The smallest absolute Gasteiger partial charge is 0.342 e. The van der Waals surface area contributed by atoms with Gasteiger partial charge in [-0.3, -0.25) is 14.7 Å². The first-order chi connectivity index (χ1) is 12.4. The van der Waals surface area contributed by atoms with E-state index in [0.29, 0.717) is 24.9 Å². The van der Waals surface area contributed by atoms with Gasteiger partial charge >= 0.3 is 6.18 Å². The SMILES string of the molecule is O=C(CCC(F)(F)F)N1CCC(C2CCN(Cc3cccnc3)CC2)C1. The van der Waals surface area contributed by atoms with Gasteiger partial charge in [0.05, 0.1) is 6.42 Å². The first kappa shape index (κ1) is 19.1. The van der Waals surface area contributed by atoms with Crippen molar-refractivity contribution in [2.75, 3.05) is 26.2 Å². The van der Waals surface area contributed by atoms with Gasteiger partial charge in [-0.25, -0.2) is 0 Å². The van der Waals surface area contributed by atoms with Crippen LogP contribution in [0.25, 0.3) is 0 Å². The maximum Gasteiger partial charge on any atom is 0.389 e. The lowest BCUT2D eigenvalue weighted by Crippen LogP contribution is -2.37. The second kappa shape index (κ2) is 8.37. The number of hydrogen-bond donors (Lipinski definition) is 0. The van der Waals surface area contributed by atoms with Crippen LogP contribution in [0.15, 0.2) is 24.5 Å². The van der Waals surface area contributed by atoms with Gasteiger partial charge < -0.3 is 4.90 Å². The number of amides is 1. The van der Waals surface area contributed by atoms with E-state index in [4.69, 9.17) is 0 Å². The molecule has 7 heteroatoms. The third-order valence-electron chi connectivity index (χ3n) is 5.63. The predicted molar refractivity (Wildman–Crippen MR) is 92.2 cm³/mol. The van der Waals surface area contributed by atoms with Crippen molar-refractivity contribution in [2.45, 2.75) is 44.8 Å². The number of rotatable bonds is 5. The normalized spacial score (nSPS) is 22.7. The van der Waals surface area contributed by atoms with Gasteiger partial charge in [-0.1, -0.05) is 6.07 Å². The molecule has 0 aromatic carbocycles. The van der Waals surface area contributed by atoms with Gasteiger partial charge in [0.2, 0.25) is 5.91 Å². The highest BCUT2D eigenvalue weighted by Gasteiger charge is 2.35. The Morgan fingerprint density at radius 2 is 1.88 bits per heavy atom. The molecule has 0 N–H and O–H groups in total. The number of pyridine rings is 1. The van der Waals surface area contributed by atoms with Crippen LogP contribution in [0.5, 0.6) is 0 Å². The fourth-order valence-electron chi connectivity index (χ4n) is 4.14. The van der Waals surface area contributed by atoms with Crippen LogP contribution in [0.2, 0.25) is 0 Å². The number of hydrogen-bond acceptors (Lipinski definition) is 3. The van der Waals surface area contributed by atoms with Crippen molar-refractivity contribution in [3.63, 3.8) is 0 Å². The lowest BCUT2D eigenvalue weighted by Gasteiger charge is -2.34. The first-order valence-corrected chi connectivity index (χ1v) is 9.36. The summed E-state index contributed by atoms with van der Waals surface area (Å²) in [6.07, 6.45) is 1.09. The average molecular weight is 369 g/mol. The van der Waals surface area contributed by atoms with E-state index in [1.807, 2.05) is 12.3 Å². The summed E-state index contributed by atoms with van der Waals surface area (Å²) in [5.74, 6) is 0.657. The number of carbonyl (C=O) groups is 1. The number of piperidine rings is 1. The Labute approximate surface area is 152 Å². The summed E-state index contributed by atoms with van der Waals surface area (Å²) >= 11 is 0. The molecular weight excluding hydrogens is 343 g/mol. The van der Waals surface area contributed by atoms with E-state index in [2.05, 4.69) is 16.0 Å². The molecule has 3 rings (SSSR count). The zero-order valence-electron chi connectivity index (χ0n) is 14.9. The molecule has 3 heterocycles. The summed E-state index contributed by atoms with van der Waals surface area (Å²) in [7, 11) is 0. The quantitative estimate of drug-likeness (QED) is 0.797. The third-order valence-corrected chi connectivity index (χ3v) is 5.63. The molecule has 2 fully saturated rings. The van der Waals surface area contributed by atoms with Crippen LogP contribution in [0.3, 0.4) is 0 Å². The third kappa shape index (κ3) is 5.43. The highest BCUT2D eigenvalue weighted by atomic mass is 19.4. The summed E-state index contributed by atoms with van der Waals surface area (Å²) in [5, 5.41) is 0. The van der Waals surface area contributed by atoms with Crippen molar-refractivity contribution in [3.05, 3.63) is 30.1 Å². The van der Waals surface area contributed by atoms with Crippen LogP contribution in [-0.4, -0.2) is 53.0 Å². The summed E-state index contributed by atoms with van der Waals surface area (Å²) in [5.41, 5.74) is 1.22. The number of carbonyl (C=O) groups excluding carboxylic acids is 1. The molecule has 0 aliphatic carbocycles. The molecular formula is C19H26F3N3O. The topological polar surface area (TPSA) is 36.4 Å². The van der Waals surface area contributed by atoms with E-state index < -0.39 is 19.0 Å². The molecule has 2 saturated heterocycles. The van der Waals surface area contributed by atoms with Crippen LogP contribution in [-0.2, 0) is 11.3 Å². The standard InChI is InChI=1S/C19H26F3N3O/c20-19(21,22)7-3-18(26)25-11-6-17(14-25)16-4-9-24(10-5-16)13-15-2-1-8-23-12-15/h1-2,8,12,16-17H,3-7,9-11,13-14H2. The molecule has 0 spiro atoms. The van der Waals surface area contributed by atoms with Gasteiger partial charge in [0.15, 0.2) is 0 Å². The molecule has 26 heavy (non-hydrogen) atoms. The van der Waals surface area contributed by atoms with Gasteiger partial charge in [-0.2, -0.15) is 13.2 Å². The van der Waals surface area contributed by atoms with Gasteiger partial charge in [-0.05, 0) is 55.8 Å². The molecule has 1 aromatic rings. The molecule has 0 bridgehead atoms. The molecule has 2 aliphatic heterocycles. The van der Waals surface area contributed by atoms with E-state index in [9.17, 15) is 18.0 Å². The fourth-order valence-corrected chi connectivity index (χ4v) is 4.14. The van der Waals surface area contributed by atoms with Crippen LogP contribution in [0, 0.1) is 11.8 Å². The van der Waals surface area contributed by atoms with E-state index in [1.165, 1.54) is 5.56 Å². The minimum Gasteiger partial charge on any atom is -0.342 e. The summed E-state index contributed by atoms with van der Waals surface area (Å²) < 4.78 is 36.9. The highest BCUT2D eigenvalue weighted by molar-refractivity contribution is 5.76. The molecule has 144 valence electrons. The average Bonchev–Trinajstić information content (AvgIpc) is 3.11. The van der Waals surface area contributed by atoms with Crippen molar-refractivity contribution in [1.82, 2.24) is 14.8 Å². The van der Waals surface area contributed by atoms with Crippen LogP contribution < -0.4 is 0 Å². The molecule has 2 aliphatic rings. The Balaban J connectivity index is 1.41. The Morgan fingerprint density at radius 3 is 2.54 bits per heavy atom. The summed E-state index contributed by atoms with van der Waals surface area (Å²) in [4.78, 5) is 20.2.